The van der Waals surface area contributed by atoms with Gasteiger partial charge in [0.25, 0.3) is 5.69 Å². The van der Waals surface area contributed by atoms with Gasteiger partial charge in [-0.05, 0) is 159 Å². The van der Waals surface area contributed by atoms with E-state index in [2.05, 4.69) is 234 Å². The number of hydrogen-bond donors (Lipinski definition) is 3. The van der Waals surface area contributed by atoms with Crippen LogP contribution in [-0.4, -0.2) is 34.8 Å². The zero-order valence-corrected chi connectivity index (χ0v) is 68.2. The van der Waals surface area contributed by atoms with E-state index in [1.807, 2.05) is 114 Å². The number of fused-ring (bicyclic) bond motifs is 21. The van der Waals surface area contributed by atoms with Crippen LogP contribution in [0, 0.1) is 46.6 Å². The van der Waals surface area contributed by atoms with Crippen molar-refractivity contribution >= 4 is 206 Å². The van der Waals surface area contributed by atoms with Crippen molar-refractivity contribution in [2.75, 3.05) is 5.73 Å². The van der Waals surface area contributed by atoms with E-state index in [9.17, 15) is 23.6 Å². The molecule has 2 aliphatic heterocycles. The Morgan fingerprint density at radius 1 is 0.366 bits per heavy atom. The van der Waals surface area contributed by atoms with Gasteiger partial charge in [-0.1, -0.05) is 228 Å². The van der Waals surface area contributed by atoms with Gasteiger partial charge in [0.2, 0.25) is 0 Å². The van der Waals surface area contributed by atoms with Crippen molar-refractivity contribution in [3.05, 3.63) is 335 Å². The maximum Gasteiger partial charge on any atom is 0.270 e. The number of aliphatic hydroxyl groups is 2. The van der Waals surface area contributed by atoms with Crippen LogP contribution in [-0.2, 0) is 21.6 Å². The molecule has 16 heteroatoms. The zero-order valence-electron chi connectivity index (χ0n) is 60.9. The summed E-state index contributed by atoms with van der Waals surface area (Å²) in [7, 11) is -2.28. The van der Waals surface area contributed by atoms with Gasteiger partial charge < -0.3 is 15.9 Å². The minimum atomic E-state index is -1.30. The van der Waals surface area contributed by atoms with Gasteiger partial charge in [0.15, 0.2) is 0 Å². The highest BCUT2D eigenvalue weighted by atomic mass is 79.9. The van der Waals surface area contributed by atoms with Gasteiger partial charge in [0, 0.05) is 134 Å². The predicted molar refractivity (Wildman–Crippen MR) is 485 cm³/mol. The minimum absolute atomic E-state index is 0.0232. The minimum Gasteiger partial charge on any atom is -0.399 e. The van der Waals surface area contributed by atoms with Crippen molar-refractivity contribution in [1.29, 1.82) is 0 Å². The second-order valence-corrected chi connectivity index (χ2v) is 36.1. The highest BCUT2D eigenvalue weighted by Gasteiger charge is 2.28. The highest BCUT2D eigenvalue weighted by Crippen LogP contribution is 2.44. The first-order valence-electron chi connectivity index (χ1n) is 35.4. The van der Waals surface area contributed by atoms with Gasteiger partial charge in [0.1, 0.15) is 11.2 Å². The van der Waals surface area contributed by atoms with E-state index >= 15 is 0 Å². The number of nitrogens with zero attached hydrogens (tertiary/aromatic N) is 1. The lowest BCUT2D eigenvalue weighted by molar-refractivity contribution is -0.385. The third-order valence-electron chi connectivity index (χ3n) is 18.0. The van der Waals surface area contributed by atoms with E-state index in [0.29, 0.717) is 4.90 Å². The Bertz CT molecular complexity index is 6780. The van der Waals surface area contributed by atoms with Crippen molar-refractivity contribution < 1.29 is 23.6 Å². The van der Waals surface area contributed by atoms with Crippen molar-refractivity contribution in [3.8, 4) is 58.8 Å². The van der Waals surface area contributed by atoms with Crippen LogP contribution in [0.4, 0.5) is 11.4 Å². The fraction of sp³-hybridized carbons (Fsp3) is 0.0625. The number of nitrogen functional groups attached to an aromatic ring is 1. The lowest BCUT2D eigenvalue weighted by atomic mass is 10.1. The quantitative estimate of drug-likeness (QED) is 0.0642. The van der Waals surface area contributed by atoms with Gasteiger partial charge in [-0.2, -0.15) is 0 Å². The van der Waals surface area contributed by atoms with Crippen molar-refractivity contribution in [1.82, 2.24) is 0 Å². The summed E-state index contributed by atoms with van der Waals surface area (Å²) < 4.78 is 38.5. The molecule has 1 atom stereocenters. The molecule has 0 bridgehead atoms. The molecule has 0 amide bonds. The Morgan fingerprint density at radius 2 is 0.670 bits per heavy atom. The second-order valence-electron chi connectivity index (χ2n) is 26.9. The molecular formula is C96H69BrN2O6S7. The predicted octanol–water partition coefficient (Wildman–Crippen LogP) is 26.7. The topological polar surface area (TPSA) is 144 Å². The van der Waals surface area contributed by atoms with Crippen LogP contribution >= 0.6 is 72.6 Å². The standard InChI is InChI=1S/C17H14OS.C14H8S.C12H7BrS.C12H7NO3S.C12H9NS.C12H8OS.C12H8S.C5H8O/c1-17(2,18)10-9-12-7-8-14-13-5-3-4-6-15(13)19-16(14)11-12;1-2-10-7-8-12-11-5-3-4-6-13(11)15-14(12)9-10;13-8-5-6-10-9-3-1-2-4-11(9)14-12(10)7-8;14-13(15)8-5-6-10-9-3-1-2-4-11(9)17(16)12(10)7-8;13-8-5-6-10-9-3-1-2-4-11(9)14-12(10)7-8;13-14-11-7-3-1-5-9(11)10-6-2-4-8-12(10)14;1-3-7-11-9(5-1)10-6-2-4-8-12(10)13-11;1-4-5(2,3)6/h3-8,11,18H,1-2H3;1,3-9H;1-7H;1-7H;1-7H,13H2;1-8H;1-8H;1,6H,2-3H3. The highest BCUT2D eigenvalue weighted by molar-refractivity contribution is 9.10. The average molecular weight is 1650 g/mol. The maximum atomic E-state index is 12.2. The number of terminal acetylenes is 2. The molecular weight excluding hydrogens is 1580 g/mol. The molecule has 4 N–H and O–H groups in total. The molecule has 0 saturated heterocycles. The number of non-ortho nitro benzene ring substituents is 1. The molecule has 0 fully saturated rings. The summed E-state index contributed by atoms with van der Waals surface area (Å²) in [5.41, 5.74) is 10.5. The number of thiophene rings is 5. The van der Waals surface area contributed by atoms with Crippen molar-refractivity contribution in [2.45, 2.75) is 58.5 Å². The lowest BCUT2D eigenvalue weighted by Crippen LogP contribution is -2.14. The Balaban J connectivity index is 0.000000107. The fourth-order valence-electron chi connectivity index (χ4n) is 12.8. The van der Waals surface area contributed by atoms with Crippen LogP contribution in [0.5, 0.6) is 0 Å². The van der Waals surface area contributed by atoms with E-state index in [1.54, 1.807) is 73.8 Å². The number of hydrogen-bond acceptors (Lipinski definition) is 12. The third-order valence-corrected chi connectivity index (χ3v) is 27.2. The number of nitro benzene ring substituents is 1. The van der Waals surface area contributed by atoms with E-state index in [1.165, 1.54) is 113 Å². The largest absolute Gasteiger partial charge is 0.399 e. The number of rotatable bonds is 1. The van der Waals surface area contributed by atoms with Crippen LogP contribution in [0.2, 0.25) is 0 Å². The molecule has 14 aromatic carbocycles. The van der Waals surface area contributed by atoms with Gasteiger partial charge >= 0.3 is 0 Å². The van der Waals surface area contributed by atoms with Gasteiger partial charge in [-0.25, -0.2) is 8.42 Å². The van der Waals surface area contributed by atoms with Crippen LogP contribution in [0.1, 0.15) is 38.8 Å². The van der Waals surface area contributed by atoms with E-state index < -0.39 is 37.7 Å². The maximum absolute atomic E-state index is 12.2. The molecule has 19 aromatic rings. The SMILES string of the molecule is Brc1ccc2c(c1)sc1ccccc12.C#CC(C)(C)O.C#Cc1ccc2c(c1)sc1ccccc12.CC(C)(O)C#Cc1ccc2c(c1)sc1ccccc12.Nc1ccc2c(c1)sc1ccccc12.O=S1c2ccccc2-c2ccccc21.O=[N+]([O-])c1ccc2c(c1)S(=O)c1ccccc1-2.c1ccc2c(c1)sc1ccccc12. The Hall–Kier alpha value is -11.2. The normalized spacial score (nSPS) is 12.2. The van der Waals surface area contributed by atoms with Crippen LogP contribution in [0.25, 0.3) is 123 Å². The van der Waals surface area contributed by atoms with Crippen molar-refractivity contribution in [2.24, 2.45) is 0 Å². The van der Waals surface area contributed by atoms with E-state index in [-0.39, 0.29) is 5.69 Å². The number of halogens is 1. The van der Waals surface area contributed by atoms with Gasteiger partial charge in [-0.15, -0.1) is 69.5 Å². The summed E-state index contributed by atoms with van der Waals surface area (Å²) in [5, 5.41) is 42.2. The molecule has 1 unspecified atom stereocenters. The fourth-order valence-corrected chi connectivity index (χ4v) is 21.8. The van der Waals surface area contributed by atoms with Crippen LogP contribution in [0.15, 0.2) is 333 Å². The molecule has 5 aromatic heterocycles. The lowest BCUT2D eigenvalue weighted by Gasteiger charge is -2.05. The molecule has 21 rings (SSSR count). The van der Waals surface area contributed by atoms with Gasteiger partial charge in [-0.3, -0.25) is 10.1 Å². The summed E-state index contributed by atoms with van der Waals surface area (Å²) >= 11 is 12.6. The second kappa shape index (κ2) is 34.2. The molecule has 0 radical (unpaired) electrons. The average Bonchev–Trinajstić information content (AvgIpc) is 1.63. The molecule has 112 heavy (non-hydrogen) atoms. The first-order chi connectivity index (χ1) is 54.2. The smallest absolute Gasteiger partial charge is 0.270 e. The summed E-state index contributed by atoms with van der Waals surface area (Å²) in [4.78, 5) is 13.3. The Kier molecular flexibility index (Phi) is 23.6. The number of nitrogens with two attached hydrogens (primary N) is 1. The van der Waals surface area contributed by atoms with E-state index in [4.69, 9.17) is 23.7 Å². The molecule has 548 valence electrons. The summed E-state index contributed by atoms with van der Waals surface area (Å²) in [5.74, 6) is 10.7. The Labute approximate surface area is 682 Å². The molecule has 0 spiro atoms. The van der Waals surface area contributed by atoms with Gasteiger partial charge in [0.05, 0.1) is 46.1 Å². The molecule has 7 heterocycles. The first-order valence-corrected chi connectivity index (χ1v) is 42.6. The summed E-state index contributed by atoms with van der Waals surface area (Å²) in [6, 6.07) is 104. The van der Waals surface area contributed by atoms with Crippen molar-refractivity contribution in [3.63, 3.8) is 0 Å². The number of anilines is 1. The van der Waals surface area contributed by atoms with Crippen LogP contribution in [0.3, 0.4) is 0 Å². The summed E-state index contributed by atoms with van der Waals surface area (Å²) in [6.07, 6.45) is 10.2. The Morgan fingerprint density at radius 3 is 1.05 bits per heavy atom. The summed E-state index contributed by atoms with van der Waals surface area (Å²) in [6.45, 7) is 6.51. The van der Waals surface area contributed by atoms with E-state index in [0.717, 1.165) is 58.2 Å². The molecule has 0 saturated carbocycles. The monoisotopic (exact) mass is 1650 g/mol. The molecule has 2 aliphatic rings. The first kappa shape index (κ1) is 77.5. The third kappa shape index (κ3) is 17.6. The molecule has 8 nitrogen and oxygen atoms in total. The molecule has 0 aliphatic carbocycles. The number of nitro groups is 1. The van der Waals surface area contributed by atoms with Crippen LogP contribution < -0.4 is 5.73 Å². The number of benzene rings is 14. The zero-order chi connectivity index (χ0) is 78.2.